The third-order valence-electron chi connectivity index (χ3n) is 1.14. The van der Waals surface area contributed by atoms with Crippen molar-refractivity contribution in [2.75, 3.05) is 13.2 Å². The summed E-state index contributed by atoms with van der Waals surface area (Å²) in [7, 11) is 0. The van der Waals surface area contributed by atoms with Crippen molar-refractivity contribution in [1.82, 2.24) is 16.2 Å². The van der Waals surface area contributed by atoms with Crippen molar-refractivity contribution in [2.45, 2.75) is 0 Å². The Bertz CT molecular complexity index is 190. The van der Waals surface area contributed by atoms with E-state index in [1.807, 2.05) is 12.2 Å². The molecule has 0 fully saturated rings. The Hall–Kier alpha value is -0.430. The van der Waals surface area contributed by atoms with E-state index >= 15 is 0 Å². The highest BCUT2D eigenvalue weighted by atomic mass is 127. The molecule has 0 saturated heterocycles. The topological polar surface area (TPSA) is 56.3 Å². The molecule has 11 heavy (non-hydrogen) atoms. The Morgan fingerprint density at radius 3 is 2.82 bits per heavy atom. The van der Waals surface area contributed by atoms with Gasteiger partial charge in [0.05, 0.1) is 10.3 Å². The van der Waals surface area contributed by atoms with Crippen LogP contribution in [0.25, 0.3) is 0 Å². The third-order valence-corrected chi connectivity index (χ3v) is 1.77. The molecule has 1 heterocycles. The average molecular weight is 267 g/mol. The zero-order valence-electron chi connectivity index (χ0n) is 5.89. The molecule has 5 heteroatoms. The predicted molar refractivity (Wildman–Crippen MR) is 51.5 cm³/mol. The van der Waals surface area contributed by atoms with E-state index in [0.29, 0.717) is 6.54 Å². The van der Waals surface area contributed by atoms with Gasteiger partial charge in [-0.1, -0.05) is 0 Å². The molecule has 1 aliphatic heterocycles. The van der Waals surface area contributed by atoms with Gasteiger partial charge in [0.2, 0.25) is 0 Å². The highest BCUT2D eigenvalue weighted by Crippen LogP contribution is 2.03. The molecule has 0 radical (unpaired) electrons. The smallest absolute Gasteiger partial charge is 0.118 e. The van der Waals surface area contributed by atoms with Crippen LogP contribution in [0.1, 0.15) is 0 Å². The highest BCUT2D eigenvalue weighted by molar-refractivity contribution is 14.1. The van der Waals surface area contributed by atoms with Gasteiger partial charge in [-0.3, -0.25) is 10.9 Å². The minimum atomic E-state index is 0.139. The van der Waals surface area contributed by atoms with Crippen LogP contribution in [0.15, 0.2) is 21.7 Å². The quantitative estimate of drug-likeness (QED) is 0.422. The molecule has 0 saturated carbocycles. The number of hydrogen-bond donors (Lipinski definition) is 4. The summed E-state index contributed by atoms with van der Waals surface area (Å²) in [5.74, 6) is 0.875. The first-order valence-electron chi connectivity index (χ1n) is 3.27. The zero-order valence-corrected chi connectivity index (χ0v) is 8.05. The van der Waals surface area contributed by atoms with Gasteiger partial charge in [0, 0.05) is 6.54 Å². The molecule has 0 atom stereocenters. The molecule has 4 N–H and O–H groups in total. The van der Waals surface area contributed by atoms with Crippen molar-refractivity contribution in [1.29, 1.82) is 0 Å². The van der Waals surface area contributed by atoms with E-state index in [0.717, 1.165) is 9.52 Å². The Balaban J connectivity index is 2.35. The van der Waals surface area contributed by atoms with Crippen molar-refractivity contribution in [3.05, 3.63) is 21.7 Å². The Labute approximate surface area is 78.9 Å². The van der Waals surface area contributed by atoms with E-state index in [4.69, 9.17) is 5.11 Å². The van der Waals surface area contributed by atoms with Gasteiger partial charge in [0.25, 0.3) is 0 Å². The fourth-order valence-corrected chi connectivity index (χ4v) is 0.975. The first kappa shape index (κ1) is 8.66. The van der Waals surface area contributed by atoms with Gasteiger partial charge in [-0.25, -0.2) is 0 Å². The first-order chi connectivity index (χ1) is 5.33. The number of halogens is 1. The number of allylic oxidation sites excluding steroid dienone is 2. The van der Waals surface area contributed by atoms with Crippen LogP contribution in [0.4, 0.5) is 0 Å². The normalized spacial score (nSPS) is 15.8. The second-order valence-corrected chi connectivity index (χ2v) is 3.16. The van der Waals surface area contributed by atoms with Crippen LogP contribution in [-0.2, 0) is 0 Å². The Morgan fingerprint density at radius 1 is 1.45 bits per heavy atom. The molecule has 1 aliphatic rings. The standard InChI is InChI=1S/C6H10IN3O/c7-5-1-2-6(10-9-5)8-3-4-11/h1-2,8-11H,3-4H2. The molecule has 0 aromatic rings. The number of hydrogen-bond acceptors (Lipinski definition) is 4. The molecular weight excluding hydrogens is 257 g/mol. The number of nitrogens with one attached hydrogen (secondary N) is 3. The number of rotatable bonds is 3. The van der Waals surface area contributed by atoms with Crippen molar-refractivity contribution in [3.63, 3.8) is 0 Å². The summed E-state index contributed by atoms with van der Waals surface area (Å²) < 4.78 is 1.04. The molecule has 0 aromatic heterocycles. The number of aliphatic hydroxyl groups is 1. The maximum atomic E-state index is 8.49. The van der Waals surface area contributed by atoms with E-state index in [-0.39, 0.29) is 6.61 Å². The lowest BCUT2D eigenvalue weighted by Gasteiger charge is -2.16. The van der Waals surface area contributed by atoms with Crippen LogP contribution in [0.3, 0.4) is 0 Å². The molecule has 0 aliphatic carbocycles. The van der Waals surface area contributed by atoms with Crippen LogP contribution in [0.5, 0.6) is 0 Å². The minimum absolute atomic E-state index is 0.139. The number of hydrazine groups is 1. The van der Waals surface area contributed by atoms with E-state index in [1.54, 1.807) is 0 Å². The maximum absolute atomic E-state index is 8.49. The Morgan fingerprint density at radius 2 is 2.27 bits per heavy atom. The summed E-state index contributed by atoms with van der Waals surface area (Å²) in [6.07, 6.45) is 3.85. The summed E-state index contributed by atoms with van der Waals surface area (Å²) in [4.78, 5) is 0. The lowest BCUT2D eigenvalue weighted by molar-refractivity contribution is 0.295. The van der Waals surface area contributed by atoms with E-state index < -0.39 is 0 Å². The molecule has 4 nitrogen and oxygen atoms in total. The van der Waals surface area contributed by atoms with Gasteiger partial charge in [0.15, 0.2) is 0 Å². The molecule has 0 spiro atoms. The molecule has 1 rings (SSSR count). The number of aliphatic hydroxyl groups excluding tert-OH is 1. The lowest BCUT2D eigenvalue weighted by Crippen LogP contribution is -2.38. The van der Waals surface area contributed by atoms with Crippen LogP contribution in [0.2, 0.25) is 0 Å². The van der Waals surface area contributed by atoms with Gasteiger partial charge >= 0.3 is 0 Å². The van der Waals surface area contributed by atoms with E-state index in [1.165, 1.54) is 0 Å². The second kappa shape index (κ2) is 4.45. The van der Waals surface area contributed by atoms with Crippen molar-refractivity contribution in [2.24, 2.45) is 0 Å². The predicted octanol–water partition coefficient (Wildman–Crippen LogP) is -0.206. The van der Waals surface area contributed by atoms with Crippen LogP contribution in [-0.4, -0.2) is 18.3 Å². The van der Waals surface area contributed by atoms with Gasteiger partial charge < -0.3 is 10.4 Å². The van der Waals surface area contributed by atoms with E-state index in [2.05, 4.69) is 38.8 Å². The summed E-state index contributed by atoms with van der Waals surface area (Å²) in [6.45, 7) is 0.699. The maximum Gasteiger partial charge on any atom is 0.118 e. The molecule has 0 bridgehead atoms. The van der Waals surface area contributed by atoms with Gasteiger partial charge in [0.1, 0.15) is 5.82 Å². The monoisotopic (exact) mass is 267 g/mol. The molecule has 62 valence electrons. The fraction of sp³-hybridized carbons (Fsp3) is 0.333. The van der Waals surface area contributed by atoms with E-state index in [9.17, 15) is 0 Å². The molecule has 0 unspecified atom stereocenters. The average Bonchev–Trinajstić information content (AvgIpc) is 2.04. The van der Waals surface area contributed by atoms with Crippen LogP contribution < -0.4 is 16.2 Å². The van der Waals surface area contributed by atoms with Gasteiger partial charge in [-0.05, 0) is 34.7 Å². The molecule has 0 amide bonds. The summed E-state index contributed by atoms with van der Waals surface area (Å²) >= 11 is 2.17. The van der Waals surface area contributed by atoms with Crippen molar-refractivity contribution >= 4 is 22.6 Å². The summed E-state index contributed by atoms with van der Waals surface area (Å²) in [5.41, 5.74) is 5.84. The summed E-state index contributed by atoms with van der Waals surface area (Å²) in [5, 5.41) is 11.5. The lowest BCUT2D eigenvalue weighted by atomic mass is 10.5. The highest BCUT2D eigenvalue weighted by Gasteiger charge is 1.98. The zero-order chi connectivity index (χ0) is 8.10. The SMILES string of the molecule is OCCNC1=CC=C(I)NN1. The minimum Gasteiger partial charge on any atom is -0.395 e. The van der Waals surface area contributed by atoms with Crippen molar-refractivity contribution in [3.8, 4) is 0 Å². The van der Waals surface area contributed by atoms with Crippen LogP contribution >= 0.6 is 22.6 Å². The second-order valence-electron chi connectivity index (χ2n) is 2.00. The van der Waals surface area contributed by atoms with Crippen LogP contribution in [0, 0.1) is 0 Å². The first-order valence-corrected chi connectivity index (χ1v) is 4.35. The third kappa shape index (κ3) is 2.98. The summed E-state index contributed by atoms with van der Waals surface area (Å²) in [6, 6.07) is 0. The fourth-order valence-electron chi connectivity index (χ4n) is 0.661. The molecular formula is C6H10IN3O. The van der Waals surface area contributed by atoms with Gasteiger partial charge in [-0.15, -0.1) is 0 Å². The molecule has 0 aromatic carbocycles. The Kier molecular flexibility index (Phi) is 3.50. The largest absolute Gasteiger partial charge is 0.395 e. The van der Waals surface area contributed by atoms with Crippen molar-refractivity contribution < 1.29 is 5.11 Å². The van der Waals surface area contributed by atoms with Gasteiger partial charge in [-0.2, -0.15) is 0 Å².